The Balaban J connectivity index is 3.04. The molecule has 1 heterocycles. The normalized spacial score (nSPS) is 11.2. The lowest BCUT2D eigenvalue weighted by Gasteiger charge is -1.98. The maximum absolute atomic E-state index is 11.0. The van der Waals surface area contributed by atoms with Gasteiger partial charge in [-0.05, 0) is 28.1 Å². The van der Waals surface area contributed by atoms with Crippen LogP contribution in [0.2, 0.25) is 0 Å². The van der Waals surface area contributed by atoms with Crippen molar-refractivity contribution in [3.8, 4) is 0 Å². The number of carbonyl (C=O) groups is 2. The standard InChI is InChI=1S/C9H7BrO5/c1-14-9(13)6(8(11)12)4-5-2-3-7(10)15-5/h2-4H,1H3,(H,11,12). The van der Waals surface area contributed by atoms with E-state index in [-0.39, 0.29) is 5.76 Å². The van der Waals surface area contributed by atoms with Gasteiger partial charge in [-0.3, -0.25) is 0 Å². The average molecular weight is 275 g/mol. The maximum atomic E-state index is 11.0. The molecule has 1 N–H and O–H groups in total. The molecule has 0 aliphatic heterocycles. The van der Waals surface area contributed by atoms with Crippen molar-refractivity contribution < 1.29 is 23.8 Å². The van der Waals surface area contributed by atoms with Crippen molar-refractivity contribution >= 4 is 33.9 Å². The summed E-state index contributed by atoms with van der Waals surface area (Å²) in [6.07, 6.45) is 1.10. The summed E-state index contributed by atoms with van der Waals surface area (Å²) in [5.74, 6) is -2.03. The van der Waals surface area contributed by atoms with Crippen molar-refractivity contribution in [2.45, 2.75) is 0 Å². The first kappa shape index (κ1) is 11.5. The molecule has 0 aliphatic carbocycles. The van der Waals surface area contributed by atoms with Gasteiger partial charge in [-0.15, -0.1) is 0 Å². The zero-order chi connectivity index (χ0) is 11.4. The monoisotopic (exact) mass is 274 g/mol. The Morgan fingerprint density at radius 3 is 2.60 bits per heavy atom. The van der Waals surface area contributed by atoms with Gasteiger partial charge in [-0.1, -0.05) is 0 Å². The summed E-state index contributed by atoms with van der Waals surface area (Å²) in [6.45, 7) is 0. The molecule has 0 saturated carbocycles. The van der Waals surface area contributed by atoms with Crippen LogP contribution in [0.15, 0.2) is 26.8 Å². The molecular weight excluding hydrogens is 268 g/mol. The second-order valence-corrected chi connectivity index (χ2v) is 3.28. The summed E-state index contributed by atoms with van der Waals surface area (Å²) in [5, 5.41) is 8.72. The fourth-order valence-corrected chi connectivity index (χ4v) is 1.19. The van der Waals surface area contributed by atoms with Gasteiger partial charge in [0.05, 0.1) is 7.11 Å². The van der Waals surface area contributed by atoms with Gasteiger partial charge in [0.15, 0.2) is 4.67 Å². The van der Waals surface area contributed by atoms with Gasteiger partial charge >= 0.3 is 11.9 Å². The predicted octanol–water partition coefficient (Wildman–Crippen LogP) is 1.68. The number of esters is 1. The van der Waals surface area contributed by atoms with Gasteiger partial charge in [-0.25, -0.2) is 9.59 Å². The van der Waals surface area contributed by atoms with Crippen molar-refractivity contribution in [2.75, 3.05) is 7.11 Å². The van der Waals surface area contributed by atoms with Gasteiger partial charge < -0.3 is 14.3 Å². The summed E-state index contributed by atoms with van der Waals surface area (Å²) in [5.41, 5.74) is -0.487. The Bertz CT molecular complexity index is 418. The van der Waals surface area contributed by atoms with Gasteiger partial charge in [0.1, 0.15) is 11.3 Å². The van der Waals surface area contributed by atoms with Crippen LogP contribution in [0.1, 0.15) is 5.76 Å². The minimum Gasteiger partial charge on any atom is -0.477 e. The molecule has 1 rings (SSSR count). The smallest absolute Gasteiger partial charge is 0.345 e. The molecule has 0 fully saturated rings. The third kappa shape index (κ3) is 2.95. The minimum absolute atomic E-state index is 0.254. The fourth-order valence-electron chi connectivity index (χ4n) is 0.866. The molecule has 0 unspecified atom stereocenters. The lowest BCUT2D eigenvalue weighted by atomic mass is 10.2. The van der Waals surface area contributed by atoms with Crippen LogP contribution in [0.4, 0.5) is 0 Å². The Kier molecular flexibility index (Phi) is 3.68. The Morgan fingerprint density at radius 2 is 2.20 bits per heavy atom. The Labute approximate surface area is 93.5 Å². The fraction of sp³-hybridized carbons (Fsp3) is 0.111. The summed E-state index contributed by atoms with van der Waals surface area (Å²) in [6, 6.07) is 3.11. The lowest BCUT2D eigenvalue weighted by molar-refractivity contribution is -0.142. The van der Waals surface area contributed by atoms with E-state index in [0.717, 1.165) is 13.2 Å². The topological polar surface area (TPSA) is 76.7 Å². The van der Waals surface area contributed by atoms with E-state index in [1.807, 2.05) is 0 Å². The number of halogens is 1. The second kappa shape index (κ2) is 4.79. The number of carbonyl (C=O) groups excluding carboxylic acids is 1. The summed E-state index contributed by atoms with van der Waals surface area (Å²) in [4.78, 5) is 21.7. The summed E-state index contributed by atoms with van der Waals surface area (Å²) >= 11 is 3.05. The number of carboxylic acid groups (broad SMARTS) is 1. The number of hydrogen-bond acceptors (Lipinski definition) is 4. The number of hydrogen-bond donors (Lipinski definition) is 1. The van der Waals surface area contributed by atoms with Gasteiger partial charge in [0.25, 0.3) is 0 Å². The van der Waals surface area contributed by atoms with Gasteiger partial charge in [0.2, 0.25) is 0 Å². The van der Waals surface area contributed by atoms with Crippen LogP contribution in [-0.4, -0.2) is 24.2 Å². The molecular formula is C9H7BrO5. The Morgan fingerprint density at radius 1 is 1.53 bits per heavy atom. The third-order valence-electron chi connectivity index (χ3n) is 1.52. The zero-order valence-corrected chi connectivity index (χ0v) is 9.28. The number of carboxylic acids is 1. The average Bonchev–Trinajstić information content (AvgIpc) is 2.59. The van der Waals surface area contributed by atoms with E-state index < -0.39 is 17.5 Å². The lowest BCUT2D eigenvalue weighted by Crippen LogP contribution is -2.13. The number of ether oxygens (including phenoxy) is 1. The predicted molar refractivity (Wildman–Crippen MR) is 54.0 cm³/mol. The molecule has 0 radical (unpaired) electrons. The van der Waals surface area contributed by atoms with E-state index in [4.69, 9.17) is 9.52 Å². The number of rotatable bonds is 3. The largest absolute Gasteiger partial charge is 0.477 e. The molecule has 0 atom stereocenters. The van der Waals surface area contributed by atoms with Crippen molar-refractivity contribution in [3.63, 3.8) is 0 Å². The molecule has 0 amide bonds. The molecule has 15 heavy (non-hydrogen) atoms. The molecule has 5 nitrogen and oxygen atoms in total. The first-order valence-electron chi connectivity index (χ1n) is 3.83. The highest BCUT2D eigenvalue weighted by atomic mass is 79.9. The van der Waals surface area contributed by atoms with Crippen molar-refractivity contribution in [3.05, 3.63) is 28.1 Å². The molecule has 80 valence electrons. The highest BCUT2D eigenvalue weighted by Gasteiger charge is 2.18. The van der Waals surface area contributed by atoms with E-state index in [1.54, 1.807) is 6.07 Å². The number of furan rings is 1. The van der Waals surface area contributed by atoms with Crippen LogP contribution in [0.3, 0.4) is 0 Å². The van der Waals surface area contributed by atoms with Crippen molar-refractivity contribution in [1.29, 1.82) is 0 Å². The van der Waals surface area contributed by atoms with E-state index in [2.05, 4.69) is 20.7 Å². The first-order chi connectivity index (χ1) is 7.04. The quantitative estimate of drug-likeness (QED) is 0.393. The van der Waals surface area contributed by atoms with Crippen LogP contribution in [0.5, 0.6) is 0 Å². The zero-order valence-electron chi connectivity index (χ0n) is 7.69. The van der Waals surface area contributed by atoms with Gasteiger partial charge in [-0.2, -0.15) is 0 Å². The molecule has 0 spiro atoms. The van der Waals surface area contributed by atoms with E-state index in [0.29, 0.717) is 4.67 Å². The molecule has 0 saturated heterocycles. The van der Waals surface area contributed by atoms with Crippen molar-refractivity contribution in [2.24, 2.45) is 0 Å². The number of methoxy groups -OCH3 is 1. The van der Waals surface area contributed by atoms with Gasteiger partial charge in [0, 0.05) is 6.08 Å². The van der Waals surface area contributed by atoms with E-state index in [9.17, 15) is 9.59 Å². The highest BCUT2D eigenvalue weighted by molar-refractivity contribution is 9.10. The first-order valence-corrected chi connectivity index (χ1v) is 4.62. The van der Waals surface area contributed by atoms with Crippen LogP contribution < -0.4 is 0 Å². The SMILES string of the molecule is COC(=O)C(=Cc1ccc(Br)o1)C(=O)O. The van der Waals surface area contributed by atoms with Crippen LogP contribution in [-0.2, 0) is 14.3 Å². The van der Waals surface area contributed by atoms with E-state index in [1.165, 1.54) is 6.07 Å². The van der Waals surface area contributed by atoms with Crippen LogP contribution in [0, 0.1) is 0 Å². The number of aliphatic carboxylic acids is 1. The molecule has 0 bridgehead atoms. The second-order valence-electron chi connectivity index (χ2n) is 2.50. The molecule has 0 aromatic carbocycles. The molecule has 0 aliphatic rings. The van der Waals surface area contributed by atoms with Crippen LogP contribution >= 0.6 is 15.9 Å². The highest BCUT2D eigenvalue weighted by Crippen LogP contribution is 2.17. The maximum Gasteiger partial charge on any atom is 0.345 e. The Hall–Kier alpha value is -1.56. The molecule has 1 aromatic heterocycles. The third-order valence-corrected chi connectivity index (χ3v) is 1.94. The summed E-state index contributed by atoms with van der Waals surface area (Å²) < 4.78 is 9.79. The van der Waals surface area contributed by atoms with E-state index >= 15 is 0 Å². The minimum atomic E-state index is -1.37. The summed E-state index contributed by atoms with van der Waals surface area (Å²) in [7, 11) is 1.11. The van der Waals surface area contributed by atoms with Crippen molar-refractivity contribution in [1.82, 2.24) is 0 Å². The molecule has 1 aromatic rings. The molecule has 6 heteroatoms. The van der Waals surface area contributed by atoms with Crippen LogP contribution in [0.25, 0.3) is 6.08 Å².